The maximum Gasteiger partial charge on any atom is 0.274 e. The van der Waals surface area contributed by atoms with E-state index in [2.05, 4.69) is 15.8 Å². The minimum atomic E-state index is -0.784. The largest absolute Gasteiger partial charge is 0.485 e. The fraction of sp³-hybridized carbons (Fsp3) is 0.409. The highest BCUT2D eigenvalue weighted by Gasteiger charge is 2.31. The first-order chi connectivity index (χ1) is 14.5. The summed E-state index contributed by atoms with van der Waals surface area (Å²) in [5.74, 6) is 0.538. The number of carbonyl (C=O) groups excluding carboxylic acids is 2. The van der Waals surface area contributed by atoms with Crippen LogP contribution in [0.4, 0.5) is 5.00 Å². The van der Waals surface area contributed by atoms with Crippen molar-refractivity contribution in [1.82, 2.24) is 5.43 Å². The number of fused-ring (bicyclic) bond motifs is 2. The standard InChI is InChI=1S/C22H25N3O4S/c1-13(2)24-25-21(27)19-14-8-4-3-5-11-18(14)30-22(19)23-20(26)17-12-28-15-9-6-7-10-16(15)29-17/h6-7,9-10,17H,3-5,8,11-12H2,1-2H3,(H,23,26)(H,25,27). The van der Waals surface area contributed by atoms with Crippen LogP contribution in [0.3, 0.4) is 0 Å². The van der Waals surface area contributed by atoms with E-state index in [4.69, 9.17) is 9.47 Å². The van der Waals surface area contributed by atoms with Gasteiger partial charge in [-0.1, -0.05) is 18.6 Å². The molecular formula is C22H25N3O4S. The number of anilines is 1. The van der Waals surface area contributed by atoms with Gasteiger partial charge in [0, 0.05) is 10.6 Å². The number of hydrogen-bond donors (Lipinski definition) is 2. The topological polar surface area (TPSA) is 89.0 Å². The summed E-state index contributed by atoms with van der Waals surface area (Å²) in [5.41, 5.74) is 4.91. The number of thiophene rings is 1. The van der Waals surface area contributed by atoms with Crippen LogP contribution in [-0.4, -0.2) is 30.2 Å². The molecule has 158 valence electrons. The molecule has 1 aliphatic carbocycles. The first-order valence-corrected chi connectivity index (χ1v) is 11.0. The van der Waals surface area contributed by atoms with Gasteiger partial charge in [-0.05, 0) is 57.2 Å². The Morgan fingerprint density at radius 2 is 1.87 bits per heavy atom. The summed E-state index contributed by atoms with van der Waals surface area (Å²) < 4.78 is 11.5. The third-order valence-electron chi connectivity index (χ3n) is 5.07. The molecule has 0 radical (unpaired) electrons. The molecule has 0 spiro atoms. The van der Waals surface area contributed by atoms with Crippen molar-refractivity contribution in [1.29, 1.82) is 0 Å². The summed E-state index contributed by atoms with van der Waals surface area (Å²) in [5, 5.41) is 7.53. The summed E-state index contributed by atoms with van der Waals surface area (Å²) in [4.78, 5) is 27.0. The molecule has 0 saturated heterocycles. The van der Waals surface area contributed by atoms with Crippen LogP contribution in [0.25, 0.3) is 0 Å². The molecule has 1 atom stereocenters. The maximum atomic E-state index is 12.9. The molecule has 30 heavy (non-hydrogen) atoms. The van der Waals surface area contributed by atoms with E-state index in [-0.39, 0.29) is 18.4 Å². The molecule has 1 aliphatic heterocycles. The van der Waals surface area contributed by atoms with Gasteiger partial charge in [-0.25, -0.2) is 5.43 Å². The fourth-order valence-electron chi connectivity index (χ4n) is 3.63. The van der Waals surface area contributed by atoms with Crippen molar-refractivity contribution in [2.75, 3.05) is 11.9 Å². The maximum absolute atomic E-state index is 12.9. The van der Waals surface area contributed by atoms with Crippen molar-refractivity contribution in [3.05, 3.63) is 40.3 Å². The van der Waals surface area contributed by atoms with Crippen molar-refractivity contribution in [2.45, 2.75) is 52.1 Å². The molecule has 0 saturated carbocycles. The first kappa shape index (κ1) is 20.4. The van der Waals surface area contributed by atoms with Crippen LogP contribution in [0.2, 0.25) is 0 Å². The molecule has 1 aromatic carbocycles. The highest BCUT2D eigenvalue weighted by Crippen LogP contribution is 2.38. The Balaban J connectivity index is 1.58. The normalized spacial score (nSPS) is 17.3. The molecule has 0 fully saturated rings. The van der Waals surface area contributed by atoms with Gasteiger partial charge in [0.05, 0.1) is 5.56 Å². The number of para-hydroxylation sites is 2. The Morgan fingerprint density at radius 1 is 1.10 bits per heavy atom. The number of amides is 2. The van der Waals surface area contributed by atoms with Gasteiger partial charge in [-0.2, -0.15) is 5.10 Å². The van der Waals surface area contributed by atoms with Crippen LogP contribution in [-0.2, 0) is 17.6 Å². The number of ether oxygens (including phenoxy) is 2. The lowest BCUT2D eigenvalue weighted by atomic mass is 10.1. The average Bonchev–Trinajstić information content (AvgIpc) is 2.91. The molecule has 2 heterocycles. The van der Waals surface area contributed by atoms with Crippen molar-refractivity contribution < 1.29 is 19.1 Å². The number of nitrogens with one attached hydrogen (secondary N) is 2. The second-order valence-electron chi connectivity index (χ2n) is 7.62. The van der Waals surface area contributed by atoms with Crippen LogP contribution < -0.4 is 20.2 Å². The van der Waals surface area contributed by atoms with Crippen LogP contribution in [0.1, 0.15) is 53.9 Å². The molecule has 0 bridgehead atoms. The van der Waals surface area contributed by atoms with E-state index in [0.717, 1.165) is 48.3 Å². The number of aryl methyl sites for hydroxylation is 1. The summed E-state index contributed by atoms with van der Waals surface area (Å²) in [7, 11) is 0. The van der Waals surface area contributed by atoms with Gasteiger partial charge in [0.2, 0.25) is 6.10 Å². The third-order valence-corrected chi connectivity index (χ3v) is 6.27. The Morgan fingerprint density at radius 3 is 2.67 bits per heavy atom. The predicted molar refractivity (Wildman–Crippen MR) is 117 cm³/mol. The van der Waals surface area contributed by atoms with E-state index in [1.807, 2.05) is 26.0 Å². The molecule has 2 aliphatic rings. The quantitative estimate of drug-likeness (QED) is 0.440. The van der Waals surface area contributed by atoms with Gasteiger partial charge in [-0.15, -0.1) is 11.3 Å². The van der Waals surface area contributed by atoms with Gasteiger partial charge in [0.15, 0.2) is 11.5 Å². The molecular weight excluding hydrogens is 402 g/mol. The Labute approximate surface area is 179 Å². The highest BCUT2D eigenvalue weighted by atomic mass is 32.1. The summed E-state index contributed by atoms with van der Waals surface area (Å²) in [6, 6.07) is 7.26. The third kappa shape index (κ3) is 4.33. The van der Waals surface area contributed by atoms with Crippen molar-refractivity contribution in [3.8, 4) is 11.5 Å². The lowest BCUT2D eigenvalue weighted by Crippen LogP contribution is -2.40. The van der Waals surface area contributed by atoms with E-state index < -0.39 is 6.10 Å². The second kappa shape index (κ2) is 8.87. The van der Waals surface area contributed by atoms with Gasteiger partial charge >= 0.3 is 0 Å². The van der Waals surface area contributed by atoms with Crippen molar-refractivity contribution >= 4 is 33.9 Å². The van der Waals surface area contributed by atoms with E-state index >= 15 is 0 Å². The lowest BCUT2D eigenvalue weighted by Gasteiger charge is -2.25. The summed E-state index contributed by atoms with van der Waals surface area (Å²) in [6.07, 6.45) is 4.23. The smallest absolute Gasteiger partial charge is 0.274 e. The molecule has 7 nitrogen and oxygen atoms in total. The van der Waals surface area contributed by atoms with E-state index in [1.165, 1.54) is 11.3 Å². The van der Waals surface area contributed by atoms with E-state index in [0.29, 0.717) is 22.1 Å². The van der Waals surface area contributed by atoms with E-state index in [9.17, 15) is 9.59 Å². The number of nitrogens with zero attached hydrogens (tertiary/aromatic N) is 1. The second-order valence-corrected chi connectivity index (χ2v) is 8.73. The molecule has 1 unspecified atom stereocenters. The van der Waals surface area contributed by atoms with Gasteiger partial charge < -0.3 is 14.8 Å². The zero-order valence-electron chi connectivity index (χ0n) is 17.1. The Kier molecular flexibility index (Phi) is 6.03. The zero-order valence-corrected chi connectivity index (χ0v) is 17.9. The number of hydrazone groups is 1. The van der Waals surface area contributed by atoms with Crippen LogP contribution in [0.15, 0.2) is 29.4 Å². The number of benzene rings is 1. The first-order valence-electron chi connectivity index (χ1n) is 10.2. The highest BCUT2D eigenvalue weighted by molar-refractivity contribution is 7.17. The van der Waals surface area contributed by atoms with Gasteiger partial charge in [-0.3, -0.25) is 9.59 Å². The van der Waals surface area contributed by atoms with Crippen LogP contribution in [0.5, 0.6) is 11.5 Å². The molecule has 4 rings (SSSR count). The average molecular weight is 428 g/mol. The Bertz CT molecular complexity index is 994. The van der Waals surface area contributed by atoms with Crippen LogP contribution in [0, 0.1) is 0 Å². The number of rotatable bonds is 4. The minimum Gasteiger partial charge on any atom is -0.485 e. The van der Waals surface area contributed by atoms with Gasteiger partial charge in [0.1, 0.15) is 11.6 Å². The van der Waals surface area contributed by atoms with E-state index in [1.54, 1.807) is 12.1 Å². The SMILES string of the molecule is CC(C)=NNC(=O)c1c(NC(=O)C2COc3ccccc3O2)sc2c1CCCCC2. The van der Waals surface area contributed by atoms with Crippen LogP contribution >= 0.6 is 11.3 Å². The summed E-state index contributed by atoms with van der Waals surface area (Å²) >= 11 is 1.48. The summed E-state index contributed by atoms with van der Waals surface area (Å²) in [6.45, 7) is 3.75. The zero-order chi connectivity index (χ0) is 21.1. The lowest BCUT2D eigenvalue weighted by molar-refractivity contribution is -0.125. The monoisotopic (exact) mass is 427 g/mol. The van der Waals surface area contributed by atoms with Crippen molar-refractivity contribution in [3.63, 3.8) is 0 Å². The fourth-order valence-corrected chi connectivity index (χ4v) is 4.92. The van der Waals surface area contributed by atoms with Gasteiger partial charge in [0.25, 0.3) is 11.8 Å². The number of carbonyl (C=O) groups is 2. The predicted octanol–water partition coefficient (Wildman–Crippen LogP) is 3.92. The molecule has 8 heteroatoms. The molecule has 2 aromatic rings. The van der Waals surface area contributed by atoms with Crippen molar-refractivity contribution in [2.24, 2.45) is 5.10 Å². The number of hydrogen-bond acceptors (Lipinski definition) is 6. The molecule has 2 amide bonds. The molecule has 2 N–H and O–H groups in total. The minimum absolute atomic E-state index is 0.120. The molecule has 1 aromatic heterocycles. The Hall–Kier alpha value is -2.87.